The second-order valence-electron chi connectivity index (χ2n) is 5.21. The molecule has 2 heterocycles. The Morgan fingerprint density at radius 2 is 2.06 bits per heavy atom. The molecular formula is C13H25N3O. The van der Waals surface area contributed by atoms with E-state index < -0.39 is 0 Å². The van der Waals surface area contributed by atoms with E-state index in [4.69, 9.17) is 0 Å². The summed E-state index contributed by atoms with van der Waals surface area (Å²) in [5.41, 5.74) is 0. The van der Waals surface area contributed by atoms with Crippen molar-refractivity contribution >= 4 is 5.91 Å². The fourth-order valence-corrected chi connectivity index (χ4v) is 2.80. The molecule has 4 nitrogen and oxygen atoms in total. The summed E-state index contributed by atoms with van der Waals surface area (Å²) < 4.78 is 0. The minimum absolute atomic E-state index is 0.0516. The Morgan fingerprint density at radius 1 is 1.29 bits per heavy atom. The van der Waals surface area contributed by atoms with E-state index in [1.165, 1.54) is 25.9 Å². The molecule has 2 saturated heterocycles. The van der Waals surface area contributed by atoms with Crippen molar-refractivity contribution in [2.45, 2.75) is 51.1 Å². The summed E-state index contributed by atoms with van der Waals surface area (Å²) >= 11 is 0. The average Bonchev–Trinajstić information content (AvgIpc) is 2.56. The molecule has 0 spiro atoms. The molecule has 0 aromatic rings. The maximum Gasteiger partial charge on any atom is 0.237 e. The lowest BCUT2D eigenvalue weighted by atomic mass is 10.0. The van der Waals surface area contributed by atoms with Gasteiger partial charge in [0.05, 0.1) is 6.04 Å². The van der Waals surface area contributed by atoms with Crippen molar-refractivity contribution in [3.8, 4) is 0 Å². The van der Waals surface area contributed by atoms with Crippen LogP contribution in [-0.2, 0) is 4.79 Å². The lowest BCUT2D eigenvalue weighted by molar-refractivity contribution is -0.123. The minimum atomic E-state index is 0.0516. The number of piperidine rings is 1. The third-order valence-corrected chi connectivity index (χ3v) is 4.01. The topological polar surface area (TPSA) is 44.4 Å². The summed E-state index contributed by atoms with van der Waals surface area (Å²) in [5.74, 6) is 0.209. The maximum atomic E-state index is 11.8. The Kier molecular flexibility index (Phi) is 4.80. The Hall–Kier alpha value is -0.610. The molecule has 2 fully saturated rings. The van der Waals surface area contributed by atoms with Gasteiger partial charge < -0.3 is 15.5 Å². The van der Waals surface area contributed by atoms with Gasteiger partial charge in [-0.25, -0.2) is 0 Å². The number of likely N-dealkylation sites (tertiary alicyclic amines) is 1. The van der Waals surface area contributed by atoms with Crippen LogP contribution in [-0.4, -0.2) is 49.1 Å². The Bertz CT molecular complexity index is 249. The van der Waals surface area contributed by atoms with Crippen LogP contribution in [0.25, 0.3) is 0 Å². The number of carbonyl (C=O) groups excluding carboxylic acids is 1. The highest BCUT2D eigenvalue weighted by Gasteiger charge is 2.25. The number of hydrogen-bond acceptors (Lipinski definition) is 3. The largest absolute Gasteiger partial charge is 0.355 e. The van der Waals surface area contributed by atoms with Crippen molar-refractivity contribution in [1.29, 1.82) is 0 Å². The first-order valence-corrected chi connectivity index (χ1v) is 7.05. The zero-order valence-corrected chi connectivity index (χ0v) is 10.9. The Balaban J connectivity index is 1.78. The van der Waals surface area contributed by atoms with Crippen molar-refractivity contribution in [2.24, 2.45) is 0 Å². The second-order valence-corrected chi connectivity index (χ2v) is 5.21. The van der Waals surface area contributed by atoms with Crippen LogP contribution in [0, 0.1) is 0 Å². The molecule has 2 aliphatic rings. The monoisotopic (exact) mass is 239 g/mol. The van der Waals surface area contributed by atoms with E-state index in [0.717, 1.165) is 32.4 Å². The SMILES string of the molecule is CCN1CCC(N[C@H]2CCCCNC2=O)CC1. The van der Waals surface area contributed by atoms with Gasteiger partial charge in [0.25, 0.3) is 0 Å². The average molecular weight is 239 g/mol. The third-order valence-electron chi connectivity index (χ3n) is 4.01. The molecule has 0 aromatic heterocycles. The molecule has 1 atom stereocenters. The van der Waals surface area contributed by atoms with E-state index in [1.807, 2.05) is 0 Å². The van der Waals surface area contributed by atoms with Crippen LogP contribution in [0.3, 0.4) is 0 Å². The van der Waals surface area contributed by atoms with Crippen LogP contribution < -0.4 is 10.6 Å². The first-order valence-electron chi connectivity index (χ1n) is 7.05. The molecule has 2 aliphatic heterocycles. The van der Waals surface area contributed by atoms with Crippen LogP contribution in [0.4, 0.5) is 0 Å². The zero-order valence-electron chi connectivity index (χ0n) is 10.9. The van der Waals surface area contributed by atoms with Gasteiger partial charge in [0.2, 0.25) is 5.91 Å². The van der Waals surface area contributed by atoms with E-state index in [2.05, 4.69) is 22.5 Å². The van der Waals surface area contributed by atoms with Gasteiger partial charge in [0, 0.05) is 12.6 Å². The van der Waals surface area contributed by atoms with Crippen molar-refractivity contribution in [1.82, 2.24) is 15.5 Å². The molecule has 0 unspecified atom stereocenters. The molecule has 98 valence electrons. The predicted molar refractivity (Wildman–Crippen MR) is 68.9 cm³/mol. The lowest BCUT2D eigenvalue weighted by Gasteiger charge is -2.33. The van der Waals surface area contributed by atoms with Crippen molar-refractivity contribution in [3.63, 3.8) is 0 Å². The number of nitrogens with zero attached hydrogens (tertiary/aromatic N) is 1. The van der Waals surface area contributed by atoms with E-state index >= 15 is 0 Å². The van der Waals surface area contributed by atoms with Gasteiger partial charge in [-0.1, -0.05) is 6.92 Å². The molecule has 2 N–H and O–H groups in total. The highest BCUT2D eigenvalue weighted by molar-refractivity contribution is 5.81. The lowest BCUT2D eigenvalue weighted by Crippen LogP contribution is -2.50. The molecule has 0 aromatic carbocycles. The number of hydrogen-bond donors (Lipinski definition) is 2. The minimum Gasteiger partial charge on any atom is -0.355 e. The number of nitrogens with one attached hydrogen (secondary N) is 2. The maximum absolute atomic E-state index is 11.8. The van der Waals surface area contributed by atoms with Crippen LogP contribution in [0.1, 0.15) is 39.0 Å². The zero-order chi connectivity index (χ0) is 12.1. The fraction of sp³-hybridized carbons (Fsp3) is 0.923. The van der Waals surface area contributed by atoms with Crippen LogP contribution in [0.2, 0.25) is 0 Å². The summed E-state index contributed by atoms with van der Waals surface area (Å²) in [6.45, 7) is 6.56. The van der Waals surface area contributed by atoms with Crippen molar-refractivity contribution < 1.29 is 4.79 Å². The molecule has 1 amide bonds. The van der Waals surface area contributed by atoms with E-state index in [-0.39, 0.29) is 11.9 Å². The van der Waals surface area contributed by atoms with E-state index in [1.54, 1.807) is 0 Å². The summed E-state index contributed by atoms with van der Waals surface area (Å²) in [7, 11) is 0. The van der Waals surface area contributed by atoms with E-state index in [9.17, 15) is 4.79 Å². The number of carbonyl (C=O) groups is 1. The van der Waals surface area contributed by atoms with Crippen LogP contribution in [0.5, 0.6) is 0 Å². The van der Waals surface area contributed by atoms with Gasteiger partial charge >= 0.3 is 0 Å². The van der Waals surface area contributed by atoms with Gasteiger partial charge in [-0.2, -0.15) is 0 Å². The highest BCUT2D eigenvalue weighted by atomic mass is 16.2. The molecule has 0 saturated carbocycles. The molecule has 0 bridgehead atoms. The van der Waals surface area contributed by atoms with Crippen molar-refractivity contribution in [3.05, 3.63) is 0 Å². The summed E-state index contributed by atoms with van der Waals surface area (Å²) in [5, 5.41) is 6.55. The van der Waals surface area contributed by atoms with Crippen LogP contribution in [0.15, 0.2) is 0 Å². The van der Waals surface area contributed by atoms with Gasteiger partial charge in [-0.05, 0) is 51.7 Å². The molecule has 17 heavy (non-hydrogen) atoms. The first-order chi connectivity index (χ1) is 8.29. The molecule has 2 rings (SSSR count). The first kappa shape index (κ1) is 12.8. The normalized spacial score (nSPS) is 28.8. The summed E-state index contributed by atoms with van der Waals surface area (Å²) in [6.07, 6.45) is 5.64. The van der Waals surface area contributed by atoms with Crippen molar-refractivity contribution in [2.75, 3.05) is 26.2 Å². The molecule has 0 aliphatic carbocycles. The second kappa shape index (κ2) is 6.36. The third kappa shape index (κ3) is 3.68. The highest BCUT2D eigenvalue weighted by Crippen LogP contribution is 2.13. The van der Waals surface area contributed by atoms with Gasteiger partial charge in [0.15, 0.2) is 0 Å². The Labute approximate surface area is 104 Å². The quantitative estimate of drug-likeness (QED) is 0.763. The number of amides is 1. The van der Waals surface area contributed by atoms with Gasteiger partial charge in [-0.15, -0.1) is 0 Å². The number of rotatable bonds is 3. The fourth-order valence-electron chi connectivity index (χ4n) is 2.80. The van der Waals surface area contributed by atoms with E-state index in [0.29, 0.717) is 6.04 Å². The Morgan fingerprint density at radius 3 is 2.76 bits per heavy atom. The smallest absolute Gasteiger partial charge is 0.237 e. The van der Waals surface area contributed by atoms with Gasteiger partial charge in [-0.3, -0.25) is 4.79 Å². The summed E-state index contributed by atoms with van der Waals surface area (Å²) in [6, 6.07) is 0.585. The molecule has 0 radical (unpaired) electrons. The molecular weight excluding hydrogens is 214 g/mol. The van der Waals surface area contributed by atoms with Crippen LogP contribution >= 0.6 is 0 Å². The summed E-state index contributed by atoms with van der Waals surface area (Å²) in [4.78, 5) is 14.3. The molecule has 4 heteroatoms. The predicted octanol–water partition coefficient (Wildman–Crippen LogP) is 0.729. The van der Waals surface area contributed by atoms with Gasteiger partial charge in [0.1, 0.15) is 0 Å². The standard InChI is InChI=1S/C13H25N3O/c1-2-16-9-6-11(7-10-16)15-12-5-3-4-8-14-13(12)17/h11-12,15H,2-10H2,1H3,(H,14,17)/t12-/m0/s1.